The molecule has 0 aliphatic rings. The zero-order valence-corrected chi connectivity index (χ0v) is 21.2. The second-order valence-corrected chi connectivity index (χ2v) is 10.4. The first-order valence-corrected chi connectivity index (χ1v) is 13.0. The van der Waals surface area contributed by atoms with Crippen LogP contribution in [0.25, 0.3) is 27.7 Å². The smallest absolute Gasteiger partial charge is 0.369 e. The fourth-order valence-corrected chi connectivity index (χ4v) is 5.53. The Morgan fingerprint density at radius 1 is 0.923 bits per heavy atom. The molecule has 3 N–H and O–H groups in total. The molecule has 0 saturated heterocycles. The molecule has 13 heteroatoms. The highest BCUT2D eigenvalue weighted by atomic mass is 35.5. The number of aromatic nitrogens is 3. The van der Waals surface area contributed by atoms with Gasteiger partial charge in [-0.2, -0.15) is 13.2 Å². The van der Waals surface area contributed by atoms with E-state index in [0.29, 0.717) is 15.8 Å². The van der Waals surface area contributed by atoms with Crippen molar-refractivity contribution in [1.82, 2.24) is 14.5 Å². The molecule has 0 atom stereocenters. The summed E-state index contributed by atoms with van der Waals surface area (Å²) in [5.41, 5.74) is 4.64. The van der Waals surface area contributed by atoms with E-state index < -0.39 is 39.0 Å². The van der Waals surface area contributed by atoms with E-state index in [1.165, 1.54) is 36.5 Å². The van der Waals surface area contributed by atoms with Crippen molar-refractivity contribution in [3.63, 3.8) is 0 Å². The number of hydrogen-bond acceptors (Lipinski definition) is 6. The number of nitrogens with one attached hydrogen (secondary N) is 1. The summed E-state index contributed by atoms with van der Waals surface area (Å²) in [6.07, 6.45) is -3.43. The summed E-state index contributed by atoms with van der Waals surface area (Å²) in [4.78, 5) is 21.2. The molecule has 0 bridgehead atoms. The Kier molecular flexibility index (Phi) is 6.52. The van der Waals surface area contributed by atoms with E-state index in [0.717, 1.165) is 12.1 Å². The average Bonchev–Trinajstić information content (AvgIpc) is 2.89. The van der Waals surface area contributed by atoms with Crippen molar-refractivity contribution in [3.8, 4) is 16.8 Å². The number of benzene rings is 3. The van der Waals surface area contributed by atoms with Gasteiger partial charge in [0, 0.05) is 17.4 Å². The third kappa shape index (κ3) is 5.03. The Morgan fingerprint density at radius 3 is 2.33 bits per heavy atom. The highest BCUT2D eigenvalue weighted by Gasteiger charge is 2.34. The Bertz CT molecular complexity index is 1900. The molecule has 0 aliphatic carbocycles. The number of alkyl halides is 3. The molecule has 39 heavy (non-hydrogen) atoms. The van der Waals surface area contributed by atoms with Crippen LogP contribution in [-0.2, 0) is 16.2 Å². The van der Waals surface area contributed by atoms with Gasteiger partial charge < -0.3 is 5.73 Å². The predicted molar refractivity (Wildman–Crippen MR) is 142 cm³/mol. The number of fused-ring (bicyclic) bond motifs is 1. The van der Waals surface area contributed by atoms with Crippen molar-refractivity contribution >= 4 is 44.2 Å². The molecule has 198 valence electrons. The number of halogens is 4. The molecule has 8 nitrogen and oxygen atoms in total. The van der Waals surface area contributed by atoms with E-state index >= 15 is 0 Å². The third-order valence-electron chi connectivity index (χ3n) is 5.80. The standard InChI is InChI=1S/C26H17ClF3N5O3S/c27-23-22(39(37,38)34-17-6-2-1-3-7-17)13-16(14-32-23)15-10-11-20-18(12-15)24(36)35(25(31)33-20)21-9-5-4-8-19(21)26(28,29)30/h1-14,34H,(H2,31,33). The van der Waals surface area contributed by atoms with Crippen molar-refractivity contribution in [2.75, 3.05) is 10.5 Å². The maximum atomic E-state index is 13.7. The molecule has 0 fully saturated rings. The molecule has 2 aromatic heterocycles. The lowest BCUT2D eigenvalue weighted by molar-refractivity contribution is -0.137. The number of nitrogens with two attached hydrogens (primary N) is 1. The highest BCUT2D eigenvalue weighted by Crippen LogP contribution is 2.34. The minimum atomic E-state index is -4.75. The van der Waals surface area contributed by atoms with Crippen molar-refractivity contribution in [3.05, 3.63) is 106 Å². The fourth-order valence-electron chi connectivity index (χ4n) is 4.01. The van der Waals surface area contributed by atoms with Crippen molar-refractivity contribution in [2.24, 2.45) is 0 Å². The zero-order chi connectivity index (χ0) is 27.9. The SMILES string of the molecule is Nc1nc2ccc(-c3cnc(Cl)c(S(=O)(=O)Nc4ccccc4)c3)cc2c(=O)n1-c1ccccc1C(F)(F)F. The summed E-state index contributed by atoms with van der Waals surface area (Å²) >= 11 is 6.11. The first-order valence-electron chi connectivity index (χ1n) is 11.2. The predicted octanol–water partition coefficient (Wildman–Crippen LogP) is 5.50. The van der Waals surface area contributed by atoms with Crippen molar-refractivity contribution < 1.29 is 21.6 Å². The minimum Gasteiger partial charge on any atom is -0.369 e. The first-order chi connectivity index (χ1) is 18.5. The lowest BCUT2D eigenvalue weighted by Crippen LogP contribution is -2.25. The maximum absolute atomic E-state index is 13.7. The highest BCUT2D eigenvalue weighted by molar-refractivity contribution is 7.92. The topological polar surface area (TPSA) is 120 Å². The summed E-state index contributed by atoms with van der Waals surface area (Å²) in [6, 6.07) is 18.3. The van der Waals surface area contributed by atoms with Crippen molar-refractivity contribution in [2.45, 2.75) is 11.1 Å². The van der Waals surface area contributed by atoms with E-state index in [4.69, 9.17) is 17.3 Å². The van der Waals surface area contributed by atoms with Gasteiger partial charge in [-0.15, -0.1) is 0 Å². The van der Waals surface area contributed by atoms with Gasteiger partial charge in [-0.3, -0.25) is 9.52 Å². The molecular formula is C26H17ClF3N5O3S. The Balaban J connectivity index is 1.64. The number of anilines is 2. The maximum Gasteiger partial charge on any atom is 0.418 e. The van der Waals surface area contributed by atoms with Gasteiger partial charge >= 0.3 is 6.18 Å². The summed E-state index contributed by atoms with van der Waals surface area (Å²) in [7, 11) is -4.14. The van der Waals surface area contributed by atoms with Crippen LogP contribution in [0.3, 0.4) is 0 Å². The van der Waals surface area contributed by atoms with Crippen LogP contribution in [0.5, 0.6) is 0 Å². The number of hydrogen-bond donors (Lipinski definition) is 2. The van der Waals surface area contributed by atoms with Gasteiger partial charge in [0.25, 0.3) is 15.6 Å². The van der Waals surface area contributed by atoms with Crippen LogP contribution >= 0.6 is 11.6 Å². The first kappa shape index (κ1) is 26.2. The fraction of sp³-hybridized carbons (Fsp3) is 0.0385. The Hall–Kier alpha value is -4.42. The molecule has 0 spiro atoms. The van der Waals surface area contributed by atoms with Crippen LogP contribution in [0.2, 0.25) is 5.15 Å². The lowest BCUT2D eigenvalue weighted by Gasteiger charge is -2.16. The monoisotopic (exact) mass is 571 g/mol. The number of rotatable bonds is 5. The Morgan fingerprint density at radius 2 is 1.62 bits per heavy atom. The second kappa shape index (κ2) is 9.71. The second-order valence-electron chi connectivity index (χ2n) is 8.34. The van der Waals surface area contributed by atoms with E-state index in [-0.39, 0.29) is 26.5 Å². The van der Waals surface area contributed by atoms with Gasteiger partial charge in [-0.05, 0) is 48.0 Å². The third-order valence-corrected chi connectivity index (χ3v) is 7.61. The van der Waals surface area contributed by atoms with Gasteiger partial charge in [0.2, 0.25) is 5.95 Å². The number of pyridine rings is 1. The molecule has 5 aromatic rings. The molecule has 0 saturated carbocycles. The van der Waals surface area contributed by atoms with Gasteiger partial charge in [0.1, 0.15) is 10.0 Å². The van der Waals surface area contributed by atoms with E-state index in [9.17, 15) is 26.4 Å². The molecule has 0 aliphatic heterocycles. The quantitative estimate of drug-likeness (QED) is 0.269. The molecule has 0 unspecified atom stereocenters. The van der Waals surface area contributed by atoms with Gasteiger partial charge in [-0.1, -0.05) is 48.0 Å². The van der Waals surface area contributed by atoms with Gasteiger partial charge in [-0.25, -0.2) is 23.0 Å². The summed E-state index contributed by atoms with van der Waals surface area (Å²) in [5, 5.41) is -0.316. The molecule has 0 radical (unpaired) electrons. The van der Waals surface area contributed by atoms with Crippen molar-refractivity contribution in [1.29, 1.82) is 0 Å². The summed E-state index contributed by atoms with van der Waals surface area (Å²) in [5.74, 6) is -0.425. The number of sulfonamides is 1. The molecular weight excluding hydrogens is 555 g/mol. The van der Waals surface area contributed by atoms with E-state index in [2.05, 4.69) is 14.7 Å². The molecule has 5 rings (SSSR count). The summed E-state index contributed by atoms with van der Waals surface area (Å²) < 4.78 is 70.1. The normalized spacial score (nSPS) is 12.0. The largest absolute Gasteiger partial charge is 0.418 e. The van der Waals surface area contributed by atoms with Gasteiger partial charge in [0.15, 0.2) is 0 Å². The number of para-hydroxylation sites is 2. The van der Waals surface area contributed by atoms with Crippen LogP contribution in [0, 0.1) is 0 Å². The van der Waals surface area contributed by atoms with Gasteiger partial charge in [0.05, 0.1) is 22.2 Å². The minimum absolute atomic E-state index is 0.0413. The van der Waals surface area contributed by atoms with Crippen LogP contribution in [0.4, 0.5) is 24.8 Å². The number of nitrogens with zero attached hydrogens (tertiary/aromatic N) is 3. The van der Waals surface area contributed by atoms with E-state index in [1.807, 2.05) is 0 Å². The average molecular weight is 572 g/mol. The molecule has 3 aromatic carbocycles. The van der Waals surface area contributed by atoms with Crippen LogP contribution in [0.15, 0.2) is 94.7 Å². The Labute approximate surface area is 224 Å². The lowest BCUT2D eigenvalue weighted by atomic mass is 10.1. The van der Waals surface area contributed by atoms with Crippen LogP contribution in [0.1, 0.15) is 5.56 Å². The van der Waals surface area contributed by atoms with E-state index in [1.54, 1.807) is 36.4 Å². The molecule has 0 amide bonds. The number of nitrogen functional groups attached to an aromatic ring is 1. The van der Waals surface area contributed by atoms with Crippen LogP contribution in [-0.4, -0.2) is 23.0 Å². The summed E-state index contributed by atoms with van der Waals surface area (Å²) in [6.45, 7) is 0. The van der Waals surface area contributed by atoms with Crippen LogP contribution < -0.4 is 16.0 Å². The molecule has 2 heterocycles. The zero-order valence-electron chi connectivity index (χ0n) is 19.6.